The third kappa shape index (κ3) is 7.47. The van der Waals surface area contributed by atoms with Crippen LogP contribution in [-0.4, -0.2) is 49.8 Å². The van der Waals surface area contributed by atoms with E-state index in [0.717, 1.165) is 16.7 Å². The monoisotopic (exact) mass is 479 g/mol. The summed E-state index contributed by atoms with van der Waals surface area (Å²) in [6.07, 6.45) is -1.28. The minimum atomic E-state index is -1.06. The van der Waals surface area contributed by atoms with E-state index in [0.29, 0.717) is 31.1 Å². The van der Waals surface area contributed by atoms with Crippen molar-refractivity contribution in [2.75, 3.05) is 27.4 Å². The maximum Gasteiger partial charge on any atom is 0.407 e. The molecule has 3 aromatic rings. The van der Waals surface area contributed by atoms with Crippen LogP contribution in [0.4, 0.5) is 4.79 Å². The molecule has 0 saturated carbocycles. The molecule has 1 amide bonds. The van der Waals surface area contributed by atoms with Gasteiger partial charge in [0.05, 0.1) is 19.2 Å². The van der Waals surface area contributed by atoms with Crippen molar-refractivity contribution in [3.8, 4) is 11.5 Å². The number of hydrogen-bond acceptors (Lipinski definition) is 5. The Kier molecular flexibility index (Phi) is 9.95. The molecule has 0 aliphatic rings. The molecule has 0 aliphatic heterocycles. The number of rotatable bonds is 13. The van der Waals surface area contributed by atoms with E-state index < -0.39 is 18.4 Å². The predicted molar refractivity (Wildman–Crippen MR) is 134 cm³/mol. The molecule has 0 bridgehead atoms. The Morgan fingerprint density at radius 2 is 1.49 bits per heavy atom. The van der Waals surface area contributed by atoms with E-state index in [9.17, 15) is 9.90 Å². The van der Waals surface area contributed by atoms with Gasteiger partial charge in [-0.15, -0.1) is 0 Å². The third-order valence-corrected chi connectivity index (χ3v) is 5.65. The molecule has 186 valence electrons. The Balaban J connectivity index is 1.95. The quantitative estimate of drug-likeness (QED) is 0.324. The maximum absolute atomic E-state index is 12.4. The van der Waals surface area contributed by atoms with Gasteiger partial charge < -0.3 is 24.1 Å². The van der Waals surface area contributed by atoms with Crippen molar-refractivity contribution in [3.63, 3.8) is 0 Å². The highest BCUT2D eigenvalue weighted by Crippen LogP contribution is 2.35. The molecule has 0 aliphatic carbocycles. The minimum Gasteiger partial charge on any atom is -0.490 e. The van der Waals surface area contributed by atoms with Crippen LogP contribution in [0.15, 0.2) is 78.9 Å². The lowest BCUT2D eigenvalue weighted by Crippen LogP contribution is -2.41. The summed E-state index contributed by atoms with van der Waals surface area (Å²) in [5, 5.41) is 10.1. The van der Waals surface area contributed by atoms with Gasteiger partial charge in [0.2, 0.25) is 0 Å². The molecule has 1 unspecified atom stereocenters. The van der Waals surface area contributed by atoms with Crippen LogP contribution in [0.1, 0.15) is 29.7 Å². The molecular formula is C28H33NO6. The van der Waals surface area contributed by atoms with Crippen LogP contribution in [0.3, 0.4) is 0 Å². The average Bonchev–Trinajstić information content (AvgIpc) is 2.89. The van der Waals surface area contributed by atoms with E-state index in [4.69, 9.17) is 18.9 Å². The van der Waals surface area contributed by atoms with E-state index in [1.54, 1.807) is 0 Å². The first-order chi connectivity index (χ1) is 17.0. The van der Waals surface area contributed by atoms with Crippen LogP contribution >= 0.6 is 0 Å². The average molecular weight is 480 g/mol. The van der Waals surface area contributed by atoms with Gasteiger partial charge in [0.15, 0.2) is 17.8 Å². The number of carboxylic acid groups (broad SMARTS) is 1. The standard InChI is InChI=1S/C28H33NO6/c1-4-34-26-18-23(15-16-25(26)35-20-22-13-9-6-10-14-22)24(17-21-11-7-5-8-12-21)29(28(30)31)19-27(32-2)33-3/h5-16,18,24,27H,4,17,19-20H2,1-3H3,(H,30,31). The van der Waals surface area contributed by atoms with Crippen molar-refractivity contribution in [3.05, 3.63) is 95.6 Å². The molecule has 1 N–H and O–H groups in total. The molecule has 0 heterocycles. The molecule has 3 aromatic carbocycles. The first-order valence-corrected chi connectivity index (χ1v) is 11.6. The summed E-state index contributed by atoms with van der Waals surface area (Å²) >= 11 is 0. The third-order valence-electron chi connectivity index (χ3n) is 5.65. The van der Waals surface area contributed by atoms with Crippen LogP contribution < -0.4 is 9.47 Å². The zero-order chi connectivity index (χ0) is 25.0. The highest BCUT2D eigenvalue weighted by molar-refractivity contribution is 5.66. The van der Waals surface area contributed by atoms with Crippen LogP contribution in [-0.2, 0) is 22.5 Å². The summed E-state index contributed by atoms with van der Waals surface area (Å²) in [5.41, 5.74) is 2.85. The van der Waals surface area contributed by atoms with E-state index in [2.05, 4.69) is 0 Å². The number of hydrogen-bond donors (Lipinski definition) is 1. The van der Waals surface area contributed by atoms with E-state index >= 15 is 0 Å². The first-order valence-electron chi connectivity index (χ1n) is 11.6. The first kappa shape index (κ1) is 26.1. The number of amides is 1. The zero-order valence-electron chi connectivity index (χ0n) is 20.4. The van der Waals surface area contributed by atoms with Gasteiger partial charge in [-0.1, -0.05) is 66.7 Å². The zero-order valence-corrected chi connectivity index (χ0v) is 20.4. The second-order valence-corrected chi connectivity index (χ2v) is 7.95. The van der Waals surface area contributed by atoms with E-state index in [1.807, 2.05) is 85.8 Å². The Morgan fingerprint density at radius 1 is 0.857 bits per heavy atom. The Morgan fingerprint density at radius 3 is 2.06 bits per heavy atom. The Labute approximate surface area is 206 Å². The van der Waals surface area contributed by atoms with Gasteiger partial charge in [0.25, 0.3) is 0 Å². The molecule has 1 atom stereocenters. The van der Waals surface area contributed by atoms with Gasteiger partial charge in [0, 0.05) is 14.2 Å². The highest BCUT2D eigenvalue weighted by atomic mass is 16.7. The van der Waals surface area contributed by atoms with Gasteiger partial charge in [-0.05, 0) is 42.2 Å². The van der Waals surface area contributed by atoms with E-state index in [1.165, 1.54) is 19.1 Å². The number of ether oxygens (including phenoxy) is 4. The van der Waals surface area contributed by atoms with Gasteiger partial charge in [-0.3, -0.25) is 4.90 Å². The fourth-order valence-electron chi connectivity index (χ4n) is 3.84. The number of benzene rings is 3. The predicted octanol–water partition coefficient (Wildman–Crippen LogP) is 5.55. The van der Waals surface area contributed by atoms with Crippen molar-refractivity contribution >= 4 is 6.09 Å². The largest absolute Gasteiger partial charge is 0.490 e. The molecule has 3 rings (SSSR count). The SMILES string of the molecule is CCOc1cc(C(Cc2ccccc2)N(CC(OC)OC)C(=O)O)ccc1OCc1ccccc1. The van der Waals surface area contributed by atoms with Crippen molar-refractivity contribution < 1.29 is 28.8 Å². The van der Waals surface area contributed by atoms with E-state index in [-0.39, 0.29) is 6.54 Å². The van der Waals surface area contributed by atoms with Crippen molar-refractivity contribution in [1.82, 2.24) is 4.90 Å². The fraction of sp³-hybridized carbons (Fsp3) is 0.321. The van der Waals surface area contributed by atoms with Crippen LogP contribution in [0.2, 0.25) is 0 Å². The lowest BCUT2D eigenvalue weighted by Gasteiger charge is -2.32. The van der Waals surface area contributed by atoms with Crippen molar-refractivity contribution in [2.24, 2.45) is 0 Å². The smallest absolute Gasteiger partial charge is 0.407 e. The molecule has 7 nitrogen and oxygen atoms in total. The molecule has 0 saturated heterocycles. The molecule has 0 fully saturated rings. The number of nitrogens with zero attached hydrogens (tertiary/aromatic N) is 1. The summed E-state index contributed by atoms with van der Waals surface area (Å²) in [4.78, 5) is 13.7. The lowest BCUT2D eigenvalue weighted by molar-refractivity contribution is -0.116. The summed E-state index contributed by atoms with van der Waals surface area (Å²) in [6, 6.07) is 24.8. The second-order valence-electron chi connectivity index (χ2n) is 7.95. The Bertz CT molecular complexity index is 1040. The summed E-state index contributed by atoms with van der Waals surface area (Å²) in [7, 11) is 2.99. The van der Waals surface area contributed by atoms with Crippen LogP contribution in [0, 0.1) is 0 Å². The van der Waals surface area contributed by atoms with Gasteiger partial charge in [0.1, 0.15) is 6.61 Å². The normalized spacial score (nSPS) is 11.8. The maximum atomic E-state index is 12.4. The highest BCUT2D eigenvalue weighted by Gasteiger charge is 2.29. The molecule has 35 heavy (non-hydrogen) atoms. The Hall–Kier alpha value is -3.55. The summed E-state index contributed by atoms with van der Waals surface area (Å²) < 4.78 is 22.5. The van der Waals surface area contributed by atoms with Crippen LogP contribution in [0.5, 0.6) is 11.5 Å². The molecular weight excluding hydrogens is 446 g/mol. The molecule has 7 heteroatoms. The fourth-order valence-corrected chi connectivity index (χ4v) is 3.84. The summed E-state index contributed by atoms with van der Waals surface area (Å²) in [6.45, 7) is 2.81. The molecule has 0 radical (unpaired) electrons. The minimum absolute atomic E-state index is 0.0516. The topological polar surface area (TPSA) is 77.5 Å². The molecule has 0 spiro atoms. The lowest BCUT2D eigenvalue weighted by atomic mass is 9.97. The van der Waals surface area contributed by atoms with Crippen LogP contribution in [0.25, 0.3) is 0 Å². The van der Waals surface area contributed by atoms with Crippen molar-refractivity contribution in [2.45, 2.75) is 32.3 Å². The second kappa shape index (κ2) is 13.4. The number of carbonyl (C=O) groups is 1. The van der Waals surface area contributed by atoms with Gasteiger partial charge in [-0.2, -0.15) is 0 Å². The molecule has 0 aromatic heterocycles. The van der Waals surface area contributed by atoms with Crippen molar-refractivity contribution in [1.29, 1.82) is 0 Å². The summed E-state index contributed by atoms with van der Waals surface area (Å²) in [5.74, 6) is 1.17. The van der Waals surface area contributed by atoms with Gasteiger partial charge in [-0.25, -0.2) is 4.79 Å². The van der Waals surface area contributed by atoms with Gasteiger partial charge >= 0.3 is 6.09 Å². The number of methoxy groups -OCH3 is 2.